The zero-order chi connectivity index (χ0) is 18.1. The minimum absolute atomic E-state index is 0.0384. The first-order chi connectivity index (χ1) is 11.9. The van der Waals surface area contributed by atoms with E-state index >= 15 is 0 Å². The van der Waals surface area contributed by atoms with Crippen LogP contribution in [-0.2, 0) is 4.74 Å². The fraction of sp³-hybridized carbons (Fsp3) is 0.118. The van der Waals surface area contributed by atoms with Crippen LogP contribution in [0.1, 0.15) is 29.2 Å². The van der Waals surface area contributed by atoms with Crippen molar-refractivity contribution in [2.75, 3.05) is 0 Å². The van der Waals surface area contributed by atoms with Gasteiger partial charge in [0.1, 0.15) is 5.82 Å². The summed E-state index contributed by atoms with van der Waals surface area (Å²) in [5.41, 5.74) is -0.0441. The smallest absolute Gasteiger partial charge is 0.340 e. The summed E-state index contributed by atoms with van der Waals surface area (Å²) in [4.78, 5) is 31.1. The highest BCUT2D eigenvalue weighted by atomic mass is 35.5. The number of aromatic amines is 1. The predicted octanol–water partition coefficient (Wildman–Crippen LogP) is 4.29. The average molecular weight is 381 g/mol. The van der Waals surface area contributed by atoms with E-state index in [0.717, 1.165) is 12.1 Å². The quantitative estimate of drug-likeness (QED) is 0.543. The summed E-state index contributed by atoms with van der Waals surface area (Å²) in [6.07, 6.45) is -0.875. The Labute approximate surface area is 151 Å². The van der Waals surface area contributed by atoms with E-state index in [0.29, 0.717) is 10.9 Å². The Hall–Kier alpha value is -2.44. The van der Waals surface area contributed by atoms with E-state index in [2.05, 4.69) is 9.97 Å². The zero-order valence-electron chi connectivity index (χ0n) is 12.8. The number of ether oxygens (including phenoxy) is 1. The van der Waals surface area contributed by atoms with Crippen molar-refractivity contribution in [1.29, 1.82) is 0 Å². The molecule has 1 aromatic heterocycles. The van der Waals surface area contributed by atoms with Gasteiger partial charge in [-0.15, -0.1) is 0 Å². The van der Waals surface area contributed by atoms with Gasteiger partial charge in [0.25, 0.3) is 5.56 Å². The lowest BCUT2D eigenvalue weighted by Gasteiger charge is -2.14. The van der Waals surface area contributed by atoms with Gasteiger partial charge in [-0.1, -0.05) is 35.3 Å². The van der Waals surface area contributed by atoms with E-state index in [4.69, 9.17) is 27.9 Å². The second-order valence-electron chi connectivity index (χ2n) is 5.26. The molecule has 0 aliphatic rings. The lowest BCUT2D eigenvalue weighted by Crippen LogP contribution is -2.17. The number of esters is 1. The molecule has 1 N–H and O–H groups in total. The number of aromatic nitrogens is 2. The van der Waals surface area contributed by atoms with Gasteiger partial charge in [-0.25, -0.2) is 14.2 Å². The number of para-hydroxylation sites is 1. The molecule has 0 aliphatic heterocycles. The standard InChI is InChI=1S/C17H11Cl2FN2O3/c1-8(15-21-14-5-3-2-4-9(14)16(23)22-15)25-17(24)10-6-13(20)12(19)7-11(10)18/h2-8H,1H3,(H,21,22,23)/t8-/m1/s1. The number of hydrogen-bond acceptors (Lipinski definition) is 4. The Kier molecular flexibility index (Phi) is 4.74. The third-order valence-corrected chi connectivity index (χ3v) is 4.13. The maximum Gasteiger partial charge on any atom is 0.340 e. The van der Waals surface area contributed by atoms with Crippen LogP contribution in [0.3, 0.4) is 0 Å². The topological polar surface area (TPSA) is 72.0 Å². The van der Waals surface area contributed by atoms with Gasteiger partial charge in [0, 0.05) is 0 Å². The molecule has 0 unspecified atom stereocenters. The van der Waals surface area contributed by atoms with E-state index in [1.807, 2.05) is 0 Å². The van der Waals surface area contributed by atoms with Crippen molar-refractivity contribution < 1.29 is 13.9 Å². The fourth-order valence-electron chi connectivity index (χ4n) is 2.26. The Balaban J connectivity index is 1.90. The van der Waals surface area contributed by atoms with E-state index in [1.54, 1.807) is 24.3 Å². The van der Waals surface area contributed by atoms with Crippen molar-refractivity contribution in [3.8, 4) is 0 Å². The number of carbonyl (C=O) groups excluding carboxylic acids is 1. The summed E-state index contributed by atoms with van der Waals surface area (Å²) in [5, 5.41) is 0.186. The Morgan fingerprint density at radius 1 is 1.24 bits per heavy atom. The van der Waals surface area contributed by atoms with Crippen molar-refractivity contribution in [3.63, 3.8) is 0 Å². The average Bonchev–Trinajstić information content (AvgIpc) is 2.58. The van der Waals surface area contributed by atoms with Crippen LogP contribution in [0.4, 0.5) is 4.39 Å². The van der Waals surface area contributed by atoms with E-state index in [9.17, 15) is 14.0 Å². The number of H-pyrrole nitrogens is 1. The number of nitrogens with zero attached hydrogens (tertiary/aromatic N) is 1. The van der Waals surface area contributed by atoms with Gasteiger partial charge in [-0.05, 0) is 31.2 Å². The van der Waals surface area contributed by atoms with Crippen LogP contribution in [0, 0.1) is 5.82 Å². The number of hydrogen-bond donors (Lipinski definition) is 1. The van der Waals surface area contributed by atoms with Gasteiger partial charge in [-0.2, -0.15) is 0 Å². The number of fused-ring (bicyclic) bond motifs is 1. The second kappa shape index (κ2) is 6.82. The molecule has 2 aromatic carbocycles. The maximum absolute atomic E-state index is 13.5. The first-order valence-electron chi connectivity index (χ1n) is 7.21. The van der Waals surface area contributed by atoms with Crippen molar-refractivity contribution >= 4 is 40.1 Å². The number of carbonyl (C=O) groups is 1. The number of benzene rings is 2. The number of halogens is 3. The highest BCUT2D eigenvalue weighted by Crippen LogP contribution is 2.26. The maximum atomic E-state index is 13.5. The van der Waals surface area contributed by atoms with Crippen LogP contribution >= 0.6 is 23.2 Å². The van der Waals surface area contributed by atoms with Crippen LogP contribution in [0.25, 0.3) is 10.9 Å². The van der Waals surface area contributed by atoms with Gasteiger partial charge in [-0.3, -0.25) is 4.79 Å². The summed E-state index contributed by atoms with van der Waals surface area (Å²) in [5.74, 6) is -1.48. The summed E-state index contributed by atoms with van der Waals surface area (Å²) >= 11 is 11.5. The van der Waals surface area contributed by atoms with E-state index < -0.39 is 17.9 Å². The van der Waals surface area contributed by atoms with E-state index in [1.165, 1.54) is 6.92 Å². The first-order valence-corrected chi connectivity index (χ1v) is 7.97. The molecule has 0 amide bonds. The predicted molar refractivity (Wildman–Crippen MR) is 92.6 cm³/mol. The molecule has 0 radical (unpaired) electrons. The van der Waals surface area contributed by atoms with E-state index in [-0.39, 0.29) is 27.0 Å². The summed E-state index contributed by atoms with van der Waals surface area (Å²) in [6, 6.07) is 8.79. The zero-order valence-corrected chi connectivity index (χ0v) is 14.4. The largest absolute Gasteiger partial charge is 0.451 e. The third-order valence-electron chi connectivity index (χ3n) is 3.53. The van der Waals surface area contributed by atoms with Crippen LogP contribution in [-0.4, -0.2) is 15.9 Å². The van der Waals surface area contributed by atoms with Gasteiger partial charge in [0.2, 0.25) is 0 Å². The minimum Gasteiger partial charge on any atom is -0.451 e. The van der Waals surface area contributed by atoms with Crippen LogP contribution in [0.2, 0.25) is 10.0 Å². The molecule has 8 heteroatoms. The van der Waals surface area contributed by atoms with Gasteiger partial charge in [0.05, 0.1) is 26.5 Å². The molecule has 1 atom stereocenters. The number of rotatable bonds is 3. The molecule has 0 spiro atoms. The molecule has 3 rings (SSSR count). The molecule has 1 heterocycles. The molecular weight excluding hydrogens is 370 g/mol. The molecule has 0 saturated carbocycles. The first kappa shape index (κ1) is 17.4. The van der Waals surface area contributed by atoms with Gasteiger partial charge in [0.15, 0.2) is 11.9 Å². The van der Waals surface area contributed by atoms with Crippen molar-refractivity contribution in [1.82, 2.24) is 9.97 Å². The van der Waals surface area contributed by atoms with Crippen molar-refractivity contribution in [2.45, 2.75) is 13.0 Å². The molecule has 3 aromatic rings. The summed E-state index contributed by atoms with van der Waals surface area (Å²) in [6.45, 7) is 1.53. The lowest BCUT2D eigenvalue weighted by atomic mass is 10.2. The monoisotopic (exact) mass is 380 g/mol. The van der Waals surface area contributed by atoms with Crippen LogP contribution in [0.5, 0.6) is 0 Å². The number of nitrogens with one attached hydrogen (secondary N) is 1. The molecular formula is C17H11Cl2FN2O3. The molecule has 0 bridgehead atoms. The highest BCUT2D eigenvalue weighted by molar-refractivity contribution is 6.36. The minimum atomic E-state index is -0.875. The van der Waals surface area contributed by atoms with Crippen molar-refractivity contribution in [3.05, 3.63) is 74.0 Å². The summed E-state index contributed by atoms with van der Waals surface area (Å²) in [7, 11) is 0. The Morgan fingerprint density at radius 3 is 2.72 bits per heavy atom. The molecule has 5 nitrogen and oxygen atoms in total. The molecule has 0 fully saturated rings. The Bertz CT molecular complexity index is 1040. The second-order valence-corrected chi connectivity index (χ2v) is 6.08. The van der Waals surface area contributed by atoms with Crippen molar-refractivity contribution in [2.24, 2.45) is 0 Å². The fourth-order valence-corrected chi connectivity index (χ4v) is 2.72. The van der Waals surface area contributed by atoms with Crippen LogP contribution < -0.4 is 5.56 Å². The molecule has 0 aliphatic carbocycles. The molecule has 128 valence electrons. The van der Waals surface area contributed by atoms with Crippen LogP contribution in [0.15, 0.2) is 41.2 Å². The SMILES string of the molecule is C[C@@H](OC(=O)c1cc(F)c(Cl)cc1Cl)c1nc2ccccc2c(=O)[nH]1. The third kappa shape index (κ3) is 3.50. The Morgan fingerprint density at radius 2 is 1.96 bits per heavy atom. The summed E-state index contributed by atoms with van der Waals surface area (Å²) < 4.78 is 18.8. The van der Waals surface area contributed by atoms with Gasteiger partial charge >= 0.3 is 5.97 Å². The molecule has 0 saturated heterocycles. The lowest BCUT2D eigenvalue weighted by molar-refractivity contribution is 0.0319. The normalized spacial score (nSPS) is 12.2. The molecule has 25 heavy (non-hydrogen) atoms. The van der Waals surface area contributed by atoms with Gasteiger partial charge < -0.3 is 9.72 Å². The highest BCUT2D eigenvalue weighted by Gasteiger charge is 2.20.